The summed E-state index contributed by atoms with van der Waals surface area (Å²) in [7, 11) is 0. The number of oxazole rings is 1. The van der Waals surface area contributed by atoms with Crippen LogP contribution in [0.1, 0.15) is 51.6 Å². The van der Waals surface area contributed by atoms with Gasteiger partial charge in [-0.3, -0.25) is 9.69 Å². The Kier molecular flexibility index (Phi) is 3.78. The standard InChI is InChI=1S/C16H25N3O2/c1-16(2,3)13-10-21-14(18-13)9-19-7-12(8-19)17-15(20)11-5-4-6-11/h10-12H,4-9H2,1-3H3,(H,17,20). The summed E-state index contributed by atoms with van der Waals surface area (Å²) in [6.45, 7) is 8.90. The van der Waals surface area contributed by atoms with E-state index in [9.17, 15) is 4.79 Å². The van der Waals surface area contributed by atoms with Crippen molar-refractivity contribution in [1.29, 1.82) is 0 Å². The molecule has 0 aromatic carbocycles. The first kappa shape index (κ1) is 14.6. The quantitative estimate of drug-likeness (QED) is 0.922. The van der Waals surface area contributed by atoms with Crippen LogP contribution < -0.4 is 5.32 Å². The maximum atomic E-state index is 11.8. The van der Waals surface area contributed by atoms with Gasteiger partial charge in [0.2, 0.25) is 11.8 Å². The molecule has 1 saturated heterocycles. The highest BCUT2D eigenvalue weighted by Crippen LogP contribution is 2.27. The predicted molar refractivity (Wildman–Crippen MR) is 79.8 cm³/mol. The maximum Gasteiger partial charge on any atom is 0.223 e. The summed E-state index contributed by atoms with van der Waals surface area (Å²) in [5.74, 6) is 1.29. The minimum Gasteiger partial charge on any atom is -0.447 e. The van der Waals surface area contributed by atoms with E-state index in [-0.39, 0.29) is 17.2 Å². The molecule has 1 amide bonds. The molecule has 5 nitrogen and oxygen atoms in total. The number of amides is 1. The lowest BCUT2D eigenvalue weighted by atomic mass is 9.84. The van der Waals surface area contributed by atoms with E-state index in [4.69, 9.17) is 4.42 Å². The molecule has 0 spiro atoms. The molecule has 21 heavy (non-hydrogen) atoms. The first-order chi connectivity index (χ1) is 9.91. The summed E-state index contributed by atoms with van der Waals surface area (Å²) in [5.41, 5.74) is 1.02. The van der Waals surface area contributed by atoms with E-state index in [1.807, 2.05) is 0 Å². The van der Waals surface area contributed by atoms with Gasteiger partial charge in [0.05, 0.1) is 18.3 Å². The molecule has 3 rings (SSSR count). The second-order valence-corrected chi connectivity index (χ2v) is 7.40. The number of nitrogens with zero attached hydrogens (tertiary/aromatic N) is 2. The van der Waals surface area contributed by atoms with E-state index < -0.39 is 0 Å². The highest BCUT2D eigenvalue weighted by Gasteiger charge is 2.33. The van der Waals surface area contributed by atoms with E-state index in [0.717, 1.165) is 44.1 Å². The van der Waals surface area contributed by atoms with E-state index in [2.05, 4.69) is 36.0 Å². The summed E-state index contributed by atoms with van der Waals surface area (Å²) in [5, 5.41) is 3.13. The summed E-state index contributed by atoms with van der Waals surface area (Å²) in [6, 6.07) is 0.301. The van der Waals surface area contributed by atoms with Crippen LogP contribution in [0.3, 0.4) is 0 Å². The molecule has 0 atom stereocenters. The van der Waals surface area contributed by atoms with Gasteiger partial charge in [-0.05, 0) is 12.8 Å². The largest absolute Gasteiger partial charge is 0.447 e. The first-order valence-electron chi connectivity index (χ1n) is 7.89. The Balaban J connectivity index is 1.42. The van der Waals surface area contributed by atoms with Crippen molar-refractivity contribution in [3.63, 3.8) is 0 Å². The van der Waals surface area contributed by atoms with Gasteiger partial charge in [-0.25, -0.2) is 4.98 Å². The highest BCUT2D eigenvalue weighted by atomic mass is 16.3. The number of carbonyl (C=O) groups is 1. The third kappa shape index (κ3) is 3.28. The van der Waals surface area contributed by atoms with Crippen molar-refractivity contribution in [2.24, 2.45) is 5.92 Å². The van der Waals surface area contributed by atoms with Gasteiger partial charge in [0, 0.05) is 24.4 Å². The minimum atomic E-state index is 0.0238. The molecule has 116 valence electrons. The van der Waals surface area contributed by atoms with Crippen LogP contribution in [-0.2, 0) is 16.8 Å². The van der Waals surface area contributed by atoms with Gasteiger partial charge >= 0.3 is 0 Å². The summed E-state index contributed by atoms with van der Waals surface area (Å²) >= 11 is 0. The summed E-state index contributed by atoms with van der Waals surface area (Å²) in [4.78, 5) is 18.6. The van der Waals surface area contributed by atoms with Crippen molar-refractivity contribution in [3.8, 4) is 0 Å². The third-order valence-corrected chi connectivity index (χ3v) is 4.46. The van der Waals surface area contributed by atoms with Gasteiger partial charge < -0.3 is 9.73 Å². The normalized spacial score (nSPS) is 20.9. The molecule has 1 aromatic heterocycles. The molecular weight excluding hydrogens is 266 g/mol. The number of likely N-dealkylation sites (tertiary alicyclic amines) is 1. The van der Waals surface area contributed by atoms with Crippen molar-refractivity contribution < 1.29 is 9.21 Å². The van der Waals surface area contributed by atoms with Gasteiger partial charge in [-0.15, -0.1) is 0 Å². The van der Waals surface area contributed by atoms with E-state index in [1.54, 1.807) is 6.26 Å². The average molecular weight is 291 g/mol. The van der Waals surface area contributed by atoms with Crippen LogP contribution in [0, 0.1) is 5.92 Å². The Bertz CT molecular complexity index is 508. The Morgan fingerprint density at radius 2 is 2.14 bits per heavy atom. The molecule has 0 radical (unpaired) electrons. The lowest BCUT2D eigenvalue weighted by Gasteiger charge is -2.40. The molecule has 1 N–H and O–H groups in total. The number of nitrogens with one attached hydrogen (secondary N) is 1. The van der Waals surface area contributed by atoms with E-state index in [1.165, 1.54) is 6.42 Å². The van der Waals surface area contributed by atoms with Gasteiger partial charge in [0.15, 0.2) is 0 Å². The number of aromatic nitrogens is 1. The average Bonchev–Trinajstić information content (AvgIpc) is 2.71. The molecular formula is C16H25N3O2. The number of hydrogen-bond donors (Lipinski definition) is 1. The Hall–Kier alpha value is -1.36. The molecule has 0 bridgehead atoms. The lowest BCUT2D eigenvalue weighted by Crippen LogP contribution is -2.59. The van der Waals surface area contributed by atoms with Crippen LogP contribution in [0.5, 0.6) is 0 Å². The van der Waals surface area contributed by atoms with Crippen LogP contribution >= 0.6 is 0 Å². The maximum absolute atomic E-state index is 11.8. The topological polar surface area (TPSA) is 58.4 Å². The molecule has 1 aliphatic carbocycles. The fraction of sp³-hybridized carbons (Fsp3) is 0.750. The Labute approximate surface area is 126 Å². The summed E-state index contributed by atoms with van der Waals surface area (Å²) < 4.78 is 5.54. The van der Waals surface area contributed by atoms with Crippen molar-refractivity contribution in [1.82, 2.24) is 15.2 Å². The SMILES string of the molecule is CC(C)(C)c1coc(CN2CC(NC(=O)C3CCC3)C2)n1. The zero-order chi connectivity index (χ0) is 15.0. The molecule has 1 saturated carbocycles. The van der Waals surface area contributed by atoms with Gasteiger partial charge in [-0.1, -0.05) is 27.2 Å². The predicted octanol–water partition coefficient (Wildman–Crippen LogP) is 2.07. The smallest absolute Gasteiger partial charge is 0.223 e. The molecule has 1 aliphatic heterocycles. The molecule has 2 heterocycles. The molecule has 0 unspecified atom stereocenters. The molecule has 2 fully saturated rings. The minimum absolute atomic E-state index is 0.0238. The third-order valence-electron chi connectivity index (χ3n) is 4.46. The zero-order valence-corrected chi connectivity index (χ0v) is 13.2. The van der Waals surface area contributed by atoms with Crippen molar-refractivity contribution in [2.45, 2.75) is 58.0 Å². The van der Waals surface area contributed by atoms with Crippen LogP contribution in [0.25, 0.3) is 0 Å². The van der Waals surface area contributed by atoms with Crippen LogP contribution in [0.4, 0.5) is 0 Å². The lowest BCUT2D eigenvalue weighted by molar-refractivity contribution is -0.129. The second kappa shape index (κ2) is 5.44. The number of carbonyl (C=O) groups excluding carboxylic acids is 1. The van der Waals surface area contributed by atoms with Gasteiger partial charge in [-0.2, -0.15) is 0 Å². The number of rotatable bonds is 4. The van der Waals surface area contributed by atoms with Crippen molar-refractivity contribution in [2.75, 3.05) is 13.1 Å². The van der Waals surface area contributed by atoms with E-state index >= 15 is 0 Å². The van der Waals surface area contributed by atoms with Gasteiger partial charge in [0.1, 0.15) is 6.26 Å². The molecule has 5 heteroatoms. The fourth-order valence-electron chi connectivity index (χ4n) is 2.70. The highest BCUT2D eigenvalue weighted by molar-refractivity contribution is 5.79. The first-order valence-corrected chi connectivity index (χ1v) is 7.89. The zero-order valence-electron chi connectivity index (χ0n) is 13.2. The van der Waals surface area contributed by atoms with Crippen molar-refractivity contribution >= 4 is 5.91 Å². The van der Waals surface area contributed by atoms with Crippen molar-refractivity contribution in [3.05, 3.63) is 17.8 Å². The van der Waals surface area contributed by atoms with Crippen LogP contribution in [0.15, 0.2) is 10.7 Å². The molecule has 1 aromatic rings. The Morgan fingerprint density at radius 3 is 2.67 bits per heavy atom. The fourth-order valence-corrected chi connectivity index (χ4v) is 2.70. The monoisotopic (exact) mass is 291 g/mol. The number of hydrogen-bond acceptors (Lipinski definition) is 4. The van der Waals surface area contributed by atoms with Crippen LogP contribution in [0.2, 0.25) is 0 Å². The Morgan fingerprint density at radius 1 is 1.43 bits per heavy atom. The van der Waals surface area contributed by atoms with Crippen LogP contribution in [-0.4, -0.2) is 34.9 Å². The summed E-state index contributed by atoms with van der Waals surface area (Å²) in [6.07, 6.45) is 5.09. The second-order valence-electron chi connectivity index (χ2n) is 7.40. The van der Waals surface area contributed by atoms with Gasteiger partial charge in [0.25, 0.3) is 0 Å². The molecule has 2 aliphatic rings. The van der Waals surface area contributed by atoms with E-state index in [0.29, 0.717) is 6.04 Å².